The van der Waals surface area contributed by atoms with Crippen molar-refractivity contribution < 1.29 is 0 Å². The maximum atomic E-state index is 5.95. The van der Waals surface area contributed by atoms with Crippen LogP contribution in [0.15, 0.2) is 6.07 Å². The molecule has 1 aromatic rings. The Bertz CT molecular complexity index is 528. The molecule has 6 heteroatoms. The van der Waals surface area contributed by atoms with E-state index in [2.05, 4.69) is 31.6 Å². The van der Waals surface area contributed by atoms with E-state index < -0.39 is 0 Å². The molecule has 0 aromatic carbocycles. The molecule has 1 aliphatic carbocycles. The lowest BCUT2D eigenvalue weighted by molar-refractivity contribution is 0.340. The van der Waals surface area contributed by atoms with Crippen LogP contribution in [0.2, 0.25) is 0 Å². The second kappa shape index (κ2) is 6.51. The van der Waals surface area contributed by atoms with Crippen molar-refractivity contribution in [1.29, 1.82) is 0 Å². The number of nitrogens with one attached hydrogen (secondary N) is 2. The smallest absolute Gasteiger partial charge is 0.223 e. The fraction of sp³-hybridized carbons (Fsp3) is 0.765. The summed E-state index contributed by atoms with van der Waals surface area (Å²) in [4.78, 5) is 11.2. The third kappa shape index (κ3) is 3.37. The summed E-state index contributed by atoms with van der Waals surface area (Å²) in [7, 11) is 0. The standard InChI is InChI=1S/C17H28N6/c18-17-21-15(20-9-12-4-1-2-5-12)8-16(22-17)23-10-13-6-3-7-19-14(13)11-23/h8,12-14,19H,1-7,9-11H2,(H3,18,20,21,22). The van der Waals surface area contributed by atoms with Crippen LogP contribution in [-0.4, -0.2) is 42.2 Å². The lowest BCUT2D eigenvalue weighted by atomic mass is 9.94. The quantitative estimate of drug-likeness (QED) is 0.787. The molecule has 0 spiro atoms. The largest absolute Gasteiger partial charge is 0.370 e. The summed E-state index contributed by atoms with van der Waals surface area (Å²) in [5.41, 5.74) is 5.95. The Balaban J connectivity index is 1.43. The fourth-order valence-electron chi connectivity index (χ4n) is 4.40. The first-order valence-corrected chi connectivity index (χ1v) is 9.15. The van der Waals surface area contributed by atoms with E-state index >= 15 is 0 Å². The predicted octanol–water partition coefficient (Wildman–Crippen LogP) is 1.85. The molecule has 1 aromatic heterocycles. The van der Waals surface area contributed by atoms with Gasteiger partial charge in [0.15, 0.2) is 0 Å². The molecule has 3 aliphatic rings. The number of rotatable bonds is 4. The van der Waals surface area contributed by atoms with Crippen molar-refractivity contribution in [3.05, 3.63) is 6.07 Å². The van der Waals surface area contributed by atoms with Crippen molar-refractivity contribution >= 4 is 17.6 Å². The summed E-state index contributed by atoms with van der Waals surface area (Å²) in [6.45, 7) is 4.26. The van der Waals surface area contributed by atoms with Crippen molar-refractivity contribution in [2.75, 3.05) is 42.1 Å². The van der Waals surface area contributed by atoms with Gasteiger partial charge in [0.1, 0.15) is 11.6 Å². The molecule has 3 heterocycles. The SMILES string of the molecule is Nc1nc(NCC2CCCC2)cc(N2CC3CCCNC3C2)n1. The van der Waals surface area contributed by atoms with Gasteiger partial charge in [-0.25, -0.2) is 0 Å². The van der Waals surface area contributed by atoms with E-state index in [0.29, 0.717) is 12.0 Å². The summed E-state index contributed by atoms with van der Waals surface area (Å²) >= 11 is 0. The normalized spacial score (nSPS) is 28.1. The third-order valence-electron chi connectivity index (χ3n) is 5.70. The number of hydrogen-bond acceptors (Lipinski definition) is 6. The molecule has 2 atom stereocenters. The van der Waals surface area contributed by atoms with E-state index in [0.717, 1.165) is 49.7 Å². The maximum absolute atomic E-state index is 5.95. The topological polar surface area (TPSA) is 79.1 Å². The van der Waals surface area contributed by atoms with E-state index in [9.17, 15) is 0 Å². The van der Waals surface area contributed by atoms with Crippen molar-refractivity contribution in [2.24, 2.45) is 11.8 Å². The van der Waals surface area contributed by atoms with Gasteiger partial charge in [-0.05, 0) is 44.1 Å². The van der Waals surface area contributed by atoms with Crippen LogP contribution in [0.25, 0.3) is 0 Å². The Kier molecular flexibility index (Phi) is 4.25. The molecule has 1 saturated carbocycles. The van der Waals surface area contributed by atoms with Gasteiger partial charge in [0.2, 0.25) is 5.95 Å². The predicted molar refractivity (Wildman–Crippen MR) is 93.6 cm³/mol. The van der Waals surface area contributed by atoms with E-state index in [-0.39, 0.29) is 0 Å². The molecule has 4 N–H and O–H groups in total. The van der Waals surface area contributed by atoms with Gasteiger partial charge < -0.3 is 21.3 Å². The van der Waals surface area contributed by atoms with Crippen LogP contribution < -0.4 is 21.3 Å². The minimum Gasteiger partial charge on any atom is -0.370 e. The van der Waals surface area contributed by atoms with Crippen molar-refractivity contribution in [1.82, 2.24) is 15.3 Å². The van der Waals surface area contributed by atoms with Gasteiger partial charge in [-0.1, -0.05) is 12.8 Å². The average molecular weight is 316 g/mol. The van der Waals surface area contributed by atoms with E-state index in [1.54, 1.807) is 0 Å². The number of nitrogens with zero attached hydrogens (tertiary/aromatic N) is 3. The van der Waals surface area contributed by atoms with Crippen molar-refractivity contribution in [3.63, 3.8) is 0 Å². The van der Waals surface area contributed by atoms with Crippen molar-refractivity contribution in [3.8, 4) is 0 Å². The highest BCUT2D eigenvalue weighted by atomic mass is 15.3. The monoisotopic (exact) mass is 316 g/mol. The number of piperidine rings is 1. The van der Waals surface area contributed by atoms with Gasteiger partial charge in [-0.3, -0.25) is 0 Å². The van der Waals surface area contributed by atoms with Crippen LogP contribution in [-0.2, 0) is 0 Å². The fourth-order valence-corrected chi connectivity index (χ4v) is 4.40. The molecule has 2 saturated heterocycles. The molecule has 23 heavy (non-hydrogen) atoms. The van der Waals surface area contributed by atoms with E-state index in [4.69, 9.17) is 5.73 Å². The molecule has 3 fully saturated rings. The van der Waals surface area contributed by atoms with Crippen LogP contribution >= 0.6 is 0 Å². The van der Waals surface area contributed by atoms with Gasteiger partial charge in [-0.2, -0.15) is 9.97 Å². The lowest BCUT2D eigenvalue weighted by Gasteiger charge is -2.24. The number of nitrogens with two attached hydrogens (primary N) is 1. The van der Waals surface area contributed by atoms with Crippen LogP contribution in [0.1, 0.15) is 38.5 Å². The molecule has 6 nitrogen and oxygen atoms in total. The minimum atomic E-state index is 0.374. The van der Waals surface area contributed by atoms with Crippen molar-refractivity contribution in [2.45, 2.75) is 44.6 Å². The number of anilines is 3. The molecular weight excluding hydrogens is 288 g/mol. The number of fused-ring (bicyclic) bond motifs is 1. The highest BCUT2D eigenvalue weighted by Crippen LogP contribution is 2.30. The molecule has 4 rings (SSSR count). The first kappa shape index (κ1) is 15.0. The number of hydrogen-bond donors (Lipinski definition) is 3. The Morgan fingerprint density at radius 3 is 2.87 bits per heavy atom. The first-order chi connectivity index (χ1) is 11.3. The summed E-state index contributed by atoms with van der Waals surface area (Å²) in [6.07, 6.45) is 8.01. The van der Waals surface area contributed by atoms with E-state index in [1.165, 1.54) is 38.5 Å². The Labute approximate surface area is 138 Å². The molecule has 0 bridgehead atoms. The van der Waals surface area contributed by atoms with Gasteiger partial charge in [-0.15, -0.1) is 0 Å². The van der Waals surface area contributed by atoms with Gasteiger partial charge in [0.05, 0.1) is 0 Å². The summed E-state index contributed by atoms with van der Waals surface area (Å²) in [5.74, 6) is 3.76. The zero-order chi connectivity index (χ0) is 15.6. The molecule has 126 valence electrons. The zero-order valence-corrected chi connectivity index (χ0v) is 13.8. The Morgan fingerprint density at radius 2 is 2.04 bits per heavy atom. The average Bonchev–Trinajstić information content (AvgIpc) is 3.21. The highest BCUT2D eigenvalue weighted by molar-refractivity contribution is 5.53. The molecule has 0 radical (unpaired) electrons. The first-order valence-electron chi connectivity index (χ1n) is 9.15. The zero-order valence-electron chi connectivity index (χ0n) is 13.8. The van der Waals surface area contributed by atoms with Crippen LogP contribution in [0.3, 0.4) is 0 Å². The van der Waals surface area contributed by atoms with Crippen LogP contribution in [0.5, 0.6) is 0 Å². The second-order valence-corrected chi connectivity index (χ2v) is 7.37. The second-order valence-electron chi connectivity index (χ2n) is 7.37. The third-order valence-corrected chi connectivity index (χ3v) is 5.70. The van der Waals surface area contributed by atoms with Gasteiger partial charge in [0, 0.05) is 31.7 Å². The van der Waals surface area contributed by atoms with Gasteiger partial charge >= 0.3 is 0 Å². The Hall–Kier alpha value is -1.56. The van der Waals surface area contributed by atoms with Crippen LogP contribution in [0.4, 0.5) is 17.6 Å². The molecule has 2 aliphatic heterocycles. The van der Waals surface area contributed by atoms with Gasteiger partial charge in [0.25, 0.3) is 0 Å². The maximum Gasteiger partial charge on any atom is 0.223 e. The summed E-state index contributed by atoms with van der Waals surface area (Å²) < 4.78 is 0. The summed E-state index contributed by atoms with van der Waals surface area (Å²) in [5, 5.41) is 7.12. The molecule has 2 unspecified atom stereocenters. The lowest BCUT2D eigenvalue weighted by Crippen LogP contribution is -2.40. The Morgan fingerprint density at radius 1 is 1.17 bits per heavy atom. The van der Waals surface area contributed by atoms with E-state index in [1.807, 2.05) is 0 Å². The minimum absolute atomic E-state index is 0.374. The highest BCUT2D eigenvalue weighted by Gasteiger charge is 2.35. The van der Waals surface area contributed by atoms with Crippen LogP contribution in [0, 0.1) is 11.8 Å². The molecular formula is C17H28N6. The number of aromatic nitrogens is 2. The molecule has 0 amide bonds. The number of nitrogen functional groups attached to an aromatic ring is 1. The summed E-state index contributed by atoms with van der Waals surface area (Å²) in [6, 6.07) is 2.68.